The number of rotatable bonds is 6. The number of ether oxygens (including phenoxy) is 1. The summed E-state index contributed by atoms with van der Waals surface area (Å²) in [5.74, 6) is -2.52. The number of aliphatic carboxylic acids is 1. The Hall–Kier alpha value is -1.39. The fourth-order valence-electron chi connectivity index (χ4n) is 0.714. The highest BCUT2D eigenvalue weighted by atomic mass is 16.5. The average molecular weight is 188 g/mol. The normalized spacial score (nSPS) is 9.31. The quantitative estimate of drug-likeness (QED) is 0.481. The van der Waals surface area contributed by atoms with E-state index in [-0.39, 0.29) is 25.9 Å². The number of carboxylic acid groups (broad SMARTS) is 1. The van der Waals surface area contributed by atoms with Crippen molar-refractivity contribution < 1.29 is 24.2 Å². The van der Waals surface area contributed by atoms with Crippen LogP contribution in [0.25, 0.3) is 0 Å². The van der Waals surface area contributed by atoms with E-state index in [1.165, 1.54) is 0 Å². The predicted molar refractivity (Wildman–Crippen MR) is 43.1 cm³/mol. The van der Waals surface area contributed by atoms with Crippen LogP contribution in [0.2, 0.25) is 0 Å². The number of Topliss-reactive ketones (excluding diaryl/α,β-unsaturated/α-hetero) is 1. The van der Waals surface area contributed by atoms with Gasteiger partial charge in [0, 0.05) is 12.8 Å². The number of carboxylic acids is 1. The molecule has 0 unspecified atom stereocenters. The smallest absolute Gasteiger partial charge is 0.374 e. The van der Waals surface area contributed by atoms with Crippen molar-refractivity contribution in [3.05, 3.63) is 0 Å². The number of carbonyl (C=O) groups is 3. The summed E-state index contributed by atoms with van der Waals surface area (Å²) in [5, 5.41) is 8.24. The van der Waals surface area contributed by atoms with Crippen LogP contribution < -0.4 is 0 Å². The second kappa shape index (κ2) is 6.16. The molecule has 0 aromatic carbocycles. The van der Waals surface area contributed by atoms with Gasteiger partial charge in [-0.3, -0.25) is 9.59 Å². The van der Waals surface area contributed by atoms with E-state index in [4.69, 9.17) is 5.11 Å². The predicted octanol–water partition coefficient (Wildman–Crippen LogP) is 0.374. The van der Waals surface area contributed by atoms with Crippen LogP contribution in [0.4, 0.5) is 0 Å². The van der Waals surface area contributed by atoms with Crippen molar-refractivity contribution in [1.82, 2.24) is 0 Å². The van der Waals surface area contributed by atoms with Gasteiger partial charge in [0.1, 0.15) is 0 Å². The third kappa shape index (κ3) is 5.84. The molecule has 5 heteroatoms. The van der Waals surface area contributed by atoms with E-state index in [1.807, 2.05) is 0 Å². The van der Waals surface area contributed by atoms with Crippen molar-refractivity contribution in [3.63, 3.8) is 0 Å². The third-order valence-corrected chi connectivity index (χ3v) is 1.30. The zero-order chi connectivity index (χ0) is 10.3. The third-order valence-electron chi connectivity index (χ3n) is 1.30. The van der Waals surface area contributed by atoms with Crippen LogP contribution in [0, 0.1) is 0 Å². The molecular weight excluding hydrogens is 176 g/mol. The summed E-state index contributed by atoms with van der Waals surface area (Å²) in [7, 11) is 0. The largest absolute Gasteiger partial charge is 0.481 e. The number of esters is 1. The number of hydrogen-bond donors (Lipinski definition) is 1. The van der Waals surface area contributed by atoms with E-state index >= 15 is 0 Å². The molecule has 0 amide bonds. The maximum absolute atomic E-state index is 10.8. The second-order valence-corrected chi connectivity index (χ2v) is 2.39. The van der Waals surface area contributed by atoms with Crippen LogP contribution in [0.3, 0.4) is 0 Å². The summed E-state index contributed by atoms with van der Waals surface area (Å²) >= 11 is 0. The highest BCUT2D eigenvalue weighted by Crippen LogP contribution is 1.97. The molecule has 0 aliphatic heterocycles. The molecule has 1 N–H and O–H groups in total. The van der Waals surface area contributed by atoms with Crippen LogP contribution in [0.5, 0.6) is 0 Å². The molecule has 0 radical (unpaired) electrons. The Morgan fingerprint density at radius 3 is 2.31 bits per heavy atom. The first-order valence-corrected chi connectivity index (χ1v) is 3.99. The van der Waals surface area contributed by atoms with Gasteiger partial charge in [0.25, 0.3) is 0 Å². The van der Waals surface area contributed by atoms with E-state index in [2.05, 4.69) is 4.74 Å². The lowest BCUT2D eigenvalue weighted by Crippen LogP contribution is -2.17. The lowest BCUT2D eigenvalue weighted by molar-refractivity contribution is -0.153. The molecule has 0 aliphatic rings. The van der Waals surface area contributed by atoms with Crippen LogP contribution in [0.15, 0.2) is 0 Å². The molecule has 0 atom stereocenters. The Bertz CT molecular complexity index is 209. The first kappa shape index (κ1) is 11.6. The molecule has 0 fully saturated rings. The molecule has 5 nitrogen and oxygen atoms in total. The summed E-state index contributed by atoms with van der Waals surface area (Å²) in [6.07, 6.45) is 0.00323. The molecule has 0 heterocycles. The van der Waals surface area contributed by atoms with E-state index in [9.17, 15) is 14.4 Å². The fraction of sp³-hybridized carbons (Fsp3) is 0.625. The molecule has 0 saturated carbocycles. The summed E-state index contributed by atoms with van der Waals surface area (Å²) in [6.45, 7) is 1.76. The minimum absolute atomic E-state index is 0.0644. The van der Waals surface area contributed by atoms with E-state index in [1.54, 1.807) is 6.92 Å². The Kier molecular flexibility index (Phi) is 5.50. The van der Waals surface area contributed by atoms with Gasteiger partial charge in [0.05, 0.1) is 6.61 Å². The van der Waals surface area contributed by atoms with Gasteiger partial charge in [-0.1, -0.05) is 0 Å². The van der Waals surface area contributed by atoms with Gasteiger partial charge < -0.3 is 9.84 Å². The number of carbonyl (C=O) groups excluding carboxylic acids is 2. The van der Waals surface area contributed by atoms with Gasteiger partial charge >= 0.3 is 11.9 Å². The zero-order valence-electron chi connectivity index (χ0n) is 7.41. The fourth-order valence-corrected chi connectivity index (χ4v) is 0.714. The first-order chi connectivity index (χ1) is 6.07. The highest BCUT2D eigenvalue weighted by Gasteiger charge is 2.14. The van der Waals surface area contributed by atoms with Crippen molar-refractivity contribution in [2.75, 3.05) is 6.61 Å². The summed E-state index contributed by atoms with van der Waals surface area (Å²) in [5.41, 5.74) is 0. The van der Waals surface area contributed by atoms with Crippen molar-refractivity contribution in [2.24, 2.45) is 0 Å². The SMILES string of the molecule is CCOC(=O)C(=O)CCCC(=O)O. The lowest BCUT2D eigenvalue weighted by atomic mass is 10.2. The standard InChI is InChI=1S/C8H12O5/c1-2-13-8(12)6(9)4-3-5-7(10)11/h2-5H2,1H3,(H,10,11). The molecule has 13 heavy (non-hydrogen) atoms. The molecule has 74 valence electrons. The van der Waals surface area contributed by atoms with Crippen molar-refractivity contribution in [1.29, 1.82) is 0 Å². The highest BCUT2D eigenvalue weighted by molar-refractivity contribution is 6.33. The molecule has 0 spiro atoms. The van der Waals surface area contributed by atoms with E-state index in [0.717, 1.165) is 0 Å². The van der Waals surface area contributed by atoms with Crippen LogP contribution in [0.1, 0.15) is 26.2 Å². The maximum atomic E-state index is 10.8. The van der Waals surface area contributed by atoms with Gasteiger partial charge in [-0.15, -0.1) is 0 Å². The molecular formula is C8H12O5. The molecule has 0 aromatic heterocycles. The van der Waals surface area contributed by atoms with E-state index < -0.39 is 17.7 Å². The minimum Gasteiger partial charge on any atom is -0.481 e. The van der Waals surface area contributed by atoms with Crippen molar-refractivity contribution in [2.45, 2.75) is 26.2 Å². The topological polar surface area (TPSA) is 80.7 Å². The monoisotopic (exact) mass is 188 g/mol. The molecule has 0 bridgehead atoms. The van der Waals surface area contributed by atoms with Gasteiger partial charge in [0.15, 0.2) is 0 Å². The van der Waals surface area contributed by atoms with Crippen molar-refractivity contribution >= 4 is 17.7 Å². The minimum atomic E-state index is -0.975. The summed E-state index contributed by atoms with van der Waals surface area (Å²) in [6, 6.07) is 0. The Morgan fingerprint density at radius 1 is 1.23 bits per heavy atom. The number of hydrogen-bond acceptors (Lipinski definition) is 4. The summed E-state index contributed by atoms with van der Waals surface area (Å²) in [4.78, 5) is 31.6. The Balaban J connectivity index is 3.62. The second-order valence-electron chi connectivity index (χ2n) is 2.39. The van der Waals surface area contributed by atoms with Crippen LogP contribution in [-0.4, -0.2) is 29.4 Å². The average Bonchev–Trinajstić information content (AvgIpc) is 2.04. The number of ketones is 1. The Morgan fingerprint density at radius 2 is 1.85 bits per heavy atom. The maximum Gasteiger partial charge on any atom is 0.374 e. The van der Waals surface area contributed by atoms with Gasteiger partial charge in [-0.25, -0.2) is 4.79 Å². The molecule has 0 rings (SSSR count). The zero-order valence-corrected chi connectivity index (χ0v) is 7.41. The first-order valence-electron chi connectivity index (χ1n) is 3.99. The van der Waals surface area contributed by atoms with Crippen LogP contribution in [-0.2, 0) is 19.1 Å². The molecule has 0 aliphatic carbocycles. The van der Waals surface area contributed by atoms with Crippen LogP contribution >= 0.6 is 0 Å². The molecule has 0 aromatic rings. The van der Waals surface area contributed by atoms with Gasteiger partial charge in [-0.2, -0.15) is 0 Å². The lowest BCUT2D eigenvalue weighted by Gasteiger charge is -1.98. The summed E-state index contributed by atoms with van der Waals surface area (Å²) < 4.78 is 4.43. The Labute approximate surface area is 75.7 Å². The van der Waals surface area contributed by atoms with Crippen molar-refractivity contribution in [3.8, 4) is 0 Å². The molecule has 0 saturated heterocycles. The van der Waals surface area contributed by atoms with E-state index in [0.29, 0.717) is 0 Å². The van der Waals surface area contributed by atoms with Gasteiger partial charge in [0.2, 0.25) is 5.78 Å². The van der Waals surface area contributed by atoms with Gasteiger partial charge in [-0.05, 0) is 13.3 Å².